The lowest BCUT2D eigenvalue weighted by Crippen LogP contribution is -2.32. The van der Waals surface area contributed by atoms with Crippen LogP contribution in [0.25, 0.3) is 20.4 Å². The minimum Gasteiger partial charge on any atom is -0.370 e. The summed E-state index contributed by atoms with van der Waals surface area (Å²) in [7, 11) is 0. The first kappa shape index (κ1) is 14.5. The molecule has 0 aliphatic carbocycles. The van der Waals surface area contributed by atoms with Gasteiger partial charge >= 0.3 is 0 Å². The Balaban J connectivity index is 1.72. The van der Waals surface area contributed by atoms with Crippen molar-refractivity contribution < 1.29 is 4.74 Å². The van der Waals surface area contributed by atoms with Crippen LogP contribution in [-0.2, 0) is 17.8 Å². The summed E-state index contributed by atoms with van der Waals surface area (Å²) in [6.07, 6.45) is 5.04. The predicted molar refractivity (Wildman–Crippen MR) is 96.7 cm³/mol. The van der Waals surface area contributed by atoms with Crippen molar-refractivity contribution in [3.8, 4) is 0 Å². The van der Waals surface area contributed by atoms with E-state index in [0.29, 0.717) is 6.61 Å². The van der Waals surface area contributed by atoms with E-state index in [2.05, 4.69) is 34.8 Å². The molecule has 3 aromatic rings. The molecule has 3 aromatic heterocycles. The molecule has 2 aliphatic heterocycles. The van der Waals surface area contributed by atoms with Gasteiger partial charge in [0.1, 0.15) is 17.0 Å². The van der Waals surface area contributed by atoms with E-state index in [1.807, 2.05) is 0 Å². The number of ether oxygens (including phenoxy) is 1. The third kappa shape index (κ3) is 2.20. The second-order valence-corrected chi connectivity index (χ2v) is 8.34. The fourth-order valence-electron chi connectivity index (χ4n) is 3.73. The molecule has 0 spiro atoms. The Morgan fingerprint density at radius 1 is 1.21 bits per heavy atom. The van der Waals surface area contributed by atoms with Crippen LogP contribution < -0.4 is 4.90 Å². The highest BCUT2D eigenvalue weighted by Crippen LogP contribution is 2.39. The molecule has 0 aromatic carbocycles. The largest absolute Gasteiger partial charge is 0.370 e. The maximum absolute atomic E-state index is 5.96. The molecule has 5 nitrogen and oxygen atoms in total. The first-order valence-corrected chi connectivity index (χ1v) is 9.37. The van der Waals surface area contributed by atoms with Gasteiger partial charge in [-0.2, -0.15) is 0 Å². The Morgan fingerprint density at radius 2 is 2.04 bits per heavy atom. The number of pyridine rings is 1. The van der Waals surface area contributed by atoms with Crippen LogP contribution >= 0.6 is 11.3 Å². The van der Waals surface area contributed by atoms with E-state index in [1.165, 1.54) is 28.8 Å². The quantitative estimate of drug-likeness (QED) is 0.676. The number of thiophene rings is 1. The zero-order chi connectivity index (χ0) is 16.3. The Morgan fingerprint density at radius 3 is 2.88 bits per heavy atom. The van der Waals surface area contributed by atoms with Crippen LogP contribution in [0, 0.1) is 0 Å². The summed E-state index contributed by atoms with van der Waals surface area (Å²) in [5.74, 6) is 1.08. The van der Waals surface area contributed by atoms with Crippen LogP contribution in [0.1, 0.15) is 37.9 Å². The van der Waals surface area contributed by atoms with Crippen molar-refractivity contribution in [2.75, 3.05) is 18.0 Å². The van der Waals surface area contributed by atoms with E-state index in [0.717, 1.165) is 41.1 Å². The molecular formula is C18H20N4OS. The van der Waals surface area contributed by atoms with Gasteiger partial charge in [-0.05, 0) is 32.8 Å². The van der Waals surface area contributed by atoms with E-state index in [4.69, 9.17) is 9.72 Å². The van der Waals surface area contributed by atoms with Crippen molar-refractivity contribution in [1.29, 1.82) is 0 Å². The van der Waals surface area contributed by atoms with E-state index >= 15 is 0 Å². The second-order valence-electron chi connectivity index (χ2n) is 7.34. The number of aromatic nitrogens is 3. The van der Waals surface area contributed by atoms with Crippen LogP contribution in [0.2, 0.25) is 0 Å². The molecule has 5 heterocycles. The molecule has 0 atom stereocenters. The fourth-order valence-corrected chi connectivity index (χ4v) is 4.88. The van der Waals surface area contributed by atoms with Gasteiger partial charge in [-0.3, -0.25) is 0 Å². The molecule has 0 saturated carbocycles. The molecule has 24 heavy (non-hydrogen) atoms. The zero-order valence-corrected chi connectivity index (χ0v) is 14.8. The summed E-state index contributed by atoms with van der Waals surface area (Å²) in [4.78, 5) is 17.6. The van der Waals surface area contributed by atoms with Crippen molar-refractivity contribution in [1.82, 2.24) is 15.0 Å². The molecule has 124 valence electrons. The van der Waals surface area contributed by atoms with Gasteiger partial charge in [0.15, 0.2) is 0 Å². The number of nitrogens with zero attached hydrogens (tertiary/aromatic N) is 4. The molecule has 1 saturated heterocycles. The minimum atomic E-state index is -0.134. The number of hydrogen-bond donors (Lipinski definition) is 0. The second kappa shape index (κ2) is 5.10. The topological polar surface area (TPSA) is 51.1 Å². The average Bonchev–Trinajstić information content (AvgIpc) is 3.19. The third-order valence-corrected chi connectivity index (χ3v) is 6.10. The van der Waals surface area contributed by atoms with E-state index in [9.17, 15) is 0 Å². The Labute approximate surface area is 144 Å². The van der Waals surface area contributed by atoms with E-state index < -0.39 is 0 Å². The number of anilines is 1. The van der Waals surface area contributed by atoms with Gasteiger partial charge in [0.05, 0.1) is 28.1 Å². The normalized spacial score (nSPS) is 20.0. The number of fused-ring (bicyclic) bond motifs is 4. The van der Waals surface area contributed by atoms with Gasteiger partial charge in [-0.25, -0.2) is 15.0 Å². The fraction of sp³-hybridized carbons (Fsp3) is 0.500. The maximum Gasteiger partial charge on any atom is 0.150 e. The molecule has 2 aliphatic rings. The lowest BCUT2D eigenvalue weighted by molar-refractivity contribution is -0.0411. The lowest BCUT2D eigenvalue weighted by atomic mass is 9.95. The van der Waals surface area contributed by atoms with Crippen LogP contribution in [-0.4, -0.2) is 33.6 Å². The number of rotatable bonds is 1. The minimum absolute atomic E-state index is 0.134. The zero-order valence-electron chi connectivity index (χ0n) is 14.0. The van der Waals surface area contributed by atoms with Gasteiger partial charge in [0.2, 0.25) is 0 Å². The molecule has 1 fully saturated rings. The smallest absolute Gasteiger partial charge is 0.150 e. The summed E-state index contributed by atoms with van der Waals surface area (Å²) in [6, 6.07) is 2.23. The van der Waals surface area contributed by atoms with Crippen LogP contribution in [0.4, 0.5) is 5.82 Å². The number of hydrogen-bond acceptors (Lipinski definition) is 6. The highest BCUT2D eigenvalue weighted by Gasteiger charge is 2.28. The van der Waals surface area contributed by atoms with Gasteiger partial charge in [-0.15, -0.1) is 11.3 Å². The molecule has 6 heteroatoms. The summed E-state index contributed by atoms with van der Waals surface area (Å²) in [6.45, 7) is 7.07. The molecule has 0 unspecified atom stereocenters. The standard InChI is InChI=1S/C18H20N4OS/c1-18(2)8-13-11(9-23-18)7-12-14-15(24-17(12)21-13)16(20-10-19-14)22-5-3-4-6-22/h7,10H,3-6,8-9H2,1-2H3. The molecule has 5 rings (SSSR count). The SMILES string of the molecule is CC1(C)Cc2nc3sc4c(N5CCCC5)ncnc4c3cc2CO1. The molecular weight excluding hydrogens is 320 g/mol. The van der Waals surface area contributed by atoms with Gasteiger partial charge in [0.25, 0.3) is 0 Å². The monoisotopic (exact) mass is 340 g/mol. The highest BCUT2D eigenvalue weighted by atomic mass is 32.1. The molecule has 0 N–H and O–H groups in total. The van der Waals surface area contributed by atoms with Crippen molar-refractivity contribution in [3.63, 3.8) is 0 Å². The summed E-state index contributed by atoms with van der Waals surface area (Å²) < 4.78 is 7.13. The summed E-state index contributed by atoms with van der Waals surface area (Å²) in [5.41, 5.74) is 3.26. The van der Waals surface area contributed by atoms with Gasteiger partial charge < -0.3 is 9.64 Å². The Bertz CT molecular complexity index is 943. The van der Waals surface area contributed by atoms with Crippen molar-refractivity contribution in [2.45, 2.75) is 45.3 Å². The van der Waals surface area contributed by atoms with Crippen molar-refractivity contribution in [3.05, 3.63) is 23.7 Å². The van der Waals surface area contributed by atoms with Crippen LogP contribution in [0.3, 0.4) is 0 Å². The third-order valence-electron chi connectivity index (χ3n) is 5.01. The first-order valence-electron chi connectivity index (χ1n) is 8.56. The summed E-state index contributed by atoms with van der Waals surface area (Å²) >= 11 is 1.73. The highest BCUT2D eigenvalue weighted by molar-refractivity contribution is 7.25. The van der Waals surface area contributed by atoms with Gasteiger partial charge in [-0.1, -0.05) is 0 Å². The summed E-state index contributed by atoms with van der Waals surface area (Å²) in [5, 5.41) is 1.14. The van der Waals surface area contributed by atoms with E-state index in [-0.39, 0.29) is 5.60 Å². The van der Waals surface area contributed by atoms with Crippen molar-refractivity contribution in [2.24, 2.45) is 0 Å². The van der Waals surface area contributed by atoms with Gasteiger partial charge in [0, 0.05) is 30.5 Å². The van der Waals surface area contributed by atoms with E-state index in [1.54, 1.807) is 17.7 Å². The lowest BCUT2D eigenvalue weighted by Gasteiger charge is -2.30. The molecule has 0 radical (unpaired) electrons. The maximum atomic E-state index is 5.96. The van der Waals surface area contributed by atoms with Crippen molar-refractivity contribution >= 4 is 37.6 Å². The predicted octanol–water partition coefficient (Wildman–Crippen LogP) is 3.69. The Hall–Kier alpha value is -1.79. The van der Waals surface area contributed by atoms with Crippen LogP contribution in [0.5, 0.6) is 0 Å². The average molecular weight is 340 g/mol. The molecule has 0 bridgehead atoms. The van der Waals surface area contributed by atoms with Crippen LogP contribution in [0.15, 0.2) is 12.4 Å². The Kier molecular flexibility index (Phi) is 3.09. The first-order chi connectivity index (χ1) is 11.6. The molecule has 0 amide bonds.